The molecule has 0 fully saturated rings. The number of benzene rings is 4. The van der Waals surface area contributed by atoms with Crippen LogP contribution in [0.4, 0.5) is 0 Å². The fraction of sp³-hybridized carbons (Fsp3) is 0.0370. The Labute approximate surface area is 169 Å². The van der Waals surface area contributed by atoms with E-state index in [2.05, 4.69) is 108 Å². The number of hydrogen-bond acceptors (Lipinski definition) is 1. The van der Waals surface area contributed by atoms with Gasteiger partial charge in [0.1, 0.15) is 5.75 Å². The van der Waals surface area contributed by atoms with E-state index >= 15 is 0 Å². The van der Waals surface area contributed by atoms with Crippen molar-refractivity contribution in [2.24, 2.45) is 0 Å². The fourth-order valence-electron chi connectivity index (χ4n) is 4.61. The van der Waals surface area contributed by atoms with Gasteiger partial charge >= 0.3 is 0 Å². The van der Waals surface area contributed by atoms with Gasteiger partial charge in [0.2, 0.25) is 0 Å². The monoisotopic (exact) mass is 373 g/mol. The summed E-state index contributed by atoms with van der Waals surface area (Å²) >= 11 is 0. The number of para-hydroxylation sites is 2. The number of ether oxygens (including phenoxy) is 1. The van der Waals surface area contributed by atoms with Gasteiger partial charge in [-0.3, -0.25) is 0 Å². The maximum absolute atomic E-state index is 6.96. The van der Waals surface area contributed by atoms with Crippen molar-refractivity contribution in [3.05, 3.63) is 126 Å². The number of fused-ring (bicyclic) bond motifs is 5. The van der Waals surface area contributed by atoms with Crippen molar-refractivity contribution in [1.29, 1.82) is 0 Å². The van der Waals surface area contributed by atoms with Gasteiger partial charge in [-0.2, -0.15) is 0 Å². The average molecular weight is 373 g/mol. The van der Waals surface area contributed by atoms with E-state index in [9.17, 15) is 0 Å². The van der Waals surface area contributed by atoms with Crippen LogP contribution in [0.25, 0.3) is 22.2 Å². The van der Waals surface area contributed by atoms with E-state index in [1.807, 2.05) is 6.07 Å². The van der Waals surface area contributed by atoms with Gasteiger partial charge in [-0.15, -0.1) is 0 Å². The first-order valence-electron chi connectivity index (χ1n) is 9.88. The van der Waals surface area contributed by atoms with E-state index in [0.29, 0.717) is 0 Å². The first kappa shape index (κ1) is 16.2. The van der Waals surface area contributed by atoms with Crippen LogP contribution in [0.2, 0.25) is 0 Å². The molecule has 0 spiro atoms. The number of aromatic amines is 1. The second kappa shape index (κ2) is 6.11. The molecule has 1 N–H and O–H groups in total. The number of nitrogens with one attached hydrogen (secondary N) is 1. The van der Waals surface area contributed by atoms with Gasteiger partial charge in [-0.25, -0.2) is 0 Å². The molecule has 2 nitrogen and oxygen atoms in total. The lowest BCUT2D eigenvalue weighted by molar-refractivity contribution is 0.153. The fourth-order valence-corrected chi connectivity index (χ4v) is 4.61. The minimum Gasteiger partial charge on any atom is -0.472 e. The first-order valence-corrected chi connectivity index (χ1v) is 9.88. The molecule has 138 valence electrons. The van der Waals surface area contributed by atoms with Crippen molar-refractivity contribution in [3.8, 4) is 17.0 Å². The summed E-state index contributed by atoms with van der Waals surface area (Å²) in [4.78, 5) is 3.69. The summed E-state index contributed by atoms with van der Waals surface area (Å²) in [5, 5.41) is 1.18. The Balaban J connectivity index is 1.81. The lowest BCUT2D eigenvalue weighted by Crippen LogP contribution is -2.38. The minimum absolute atomic E-state index is 0.730. The van der Waals surface area contributed by atoms with Crippen molar-refractivity contribution in [1.82, 2.24) is 4.98 Å². The molecule has 1 aliphatic heterocycles. The molecule has 5 aromatic rings. The van der Waals surface area contributed by atoms with Crippen LogP contribution in [-0.4, -0.2) is 4.98 Å². The Hall–Kier alpha value is -3.78. The molecule has 0 amide bonds. The maximum atomic E-state index is 6.96. The van der Waals surface area contributed by atoms with Gasteiger partial charge in [0.25, 0.3) is 0 Å². The van der Waals surface area contributed by atoms with E-state index in [-0.39, 0.29) is 0 Å². The lowest BCUT2D eigenvalue weighted by atomic mass is 9.76. The molecule has 6 rings (SSSR count). The summed E-state index contributed by atoms with van der Waals surface area (Å²) in [6, 6.07) is 37.8. The Bertz CT molecular complexity index is 1280. The minimum atomic E-state index is -0.730. The molecular formula is C27H19NO. The molecule has 29 heavy (non-hydrogen) atoms. The molecule has 0 saturated heterocycles. The molecule has 1 aromatic heterocycles. The molecule has 0 aliphatic carbocycles. The van der Waals surface area contributed by atoms with Crippen LogP contribution in [0.15, 0.2) is 109 Å². The normalized spacial score (nSPS) is 14.1. The number of rotatable bonds is 2. The van der Waals surface area contributed by atoms with Crippen molar-refractivity contribution in [2.45, 2.75) is 5.60 Å². The number of H-pyrrole nitrogens is 1. The average Bonchev–Trinajstić information content (AvgIpc) is 3.20. The highest BCUT2D eigenvalue weighted by molar-refractivity contribution is 5.95. The predicted molar refractivity (Wildman–Crippen MR) is 117 cm³/mol. The third-order valence-electron chi connectivity index (χ3n) is 5.84. The van der Waals surface area contributed by atoms with Crippen molar-refractivity contribution >= 4 is 10.9 Å². The molecule has 0 atom stereocenters. The van der Waals surface area contributed by atoms with Crippen LogP contribution >= 0.6 is 0 Å². The molecule has 2 heterocycles. The SMILES string of the molecule is c1ccc(C2(c3ccccc3)Oc3ccccc3-c3[nH]c4ccccc4c32)cc1. The van der Waals surface area contributed by atoms with Gasteiger partial charge in [0, 0.05) is 33.2 Å². The zero-order valence-electron chi connectivity index (χ0n) is 15.8. The van der Waals surface area contributed by atoms with Crippen molar-refractivity contribution < 1.29 is 4.74 Å². The van der Waals surface area contributed by atoms with Crippen LogP contribution < -0.4 is 4.74 Å². The van der Waals surface area contributed by atoms with Crippen LogP contribution in [-0.2, 0) is 5.60 Å². The smallest absolute Gasteiger partial charge is 0.187 e. The molecule has 4 aromatic carbocycles. The summed E-state index contributed by atoms with van der Waals surface area (Å²) in [6.45, 7) is 0. The van der Waals surface area contributed by atoms with E-state index < -0.39 is 5.60 Å². The standard InChI is InChI=1S/C27H19NO/c1-3-11-19(12-4-1)27(20-13-5-2-6-14-20)25-21-15-7-9-17-23(21)28-26(25)22-16-8-10-18-24(22)29-27/h1-18,28H. The summed E-state index contributed by atoms with van der Waals surface area (Å²) in [7, 11) is 0. The second-order valence-corrected chi connectivity index (χ2v) is 7.43. The Kier molecular flexibility index (Phi) is 3.41. The summed E-state index contributed by atoms with van der Waals surface area (Å²) in [6.07, 6.45) is 0. The van der Waals surface area contributed by atoms with E-state index in [1.165, 1.54) is 10.9 Å². The molecule has 0 unspecified atom stereocenters. The zero-order valence-corrected chi connectivity index (χ0v) is 15.8. The van der Waals surface area contributed by atoms with Crippen LogP contribution in [0.1, 0.15) is 16.7 Å². The van der Waals surface area contributed by atoms with Crippen LogP contribution in [0.5, 0.6) is 5.75 Å². The van der Waals surface area contributed by atoms with Crippen molar-refractivity contribution in [3.63, 3.8) is 0 Å². The Morgan fingerprint density at radius 1 is 0.586 bits per heavy atom. The van der Waals surface area contributed by atoms with E-state index in [1.54, 1.807) is 0 Å². The molecule has 0 bridgehead atoms. The Morgan fingerprint density at radius 3 is 1.90 bits per heavy atom. The van der Waals surface area contributed by atoms with Gasteiger partial charge in [-0.05, 0) is 18.2 Å². The number of hydrogen-bond donors (Lipinski definition) is 1. The first-order chi connectivity index (χ1) is 14.4. The van der Waals surface area contributed by atoms with Crippen LogP contribution in [0.3, 0.4) is 0 Å². The molecule has 1 aliphatic rings. The lowest BCUT2D eigenvalue weighted by Gasteiger charge is -2.40. The quantitative estimate of drug-likeness (QED) is 0.374. The van der Waals surface area contributed by atoms with Gasteiger partial charge in [0.15, 0.2) is 5.60 Å². The molecule has 0 radical (unpaired) electrons. The van der Waals surface area contributed by atoms with E-state index in [4.69, 9.17) is 4.74 Å². The van der Waals surface area contributed by atoms with Crippen LogP contribution in [0, 0.1) is 0 Å². The summed E-state index contributed by atoms with van der Waals surface area (Å²) in [5.41, 5.74) is 6.02. The van der Waals surface area contributed by atoms with E-state index in [0.717, 1.165) is 33.7 Å². The summed E-state index contributed by atoms with van der Waals surface area (Å²) in [5.74, 6) is 0.888. The predicted octanol–water partition coefficient (Wildman–Crippen LogP) is 6.52. The topological polar surface area (TPSA) is 25.0 Å². The maximum Gasteiger partial charge on any atom is 0.187 e. The second-order valence-electron chi connectivity index (χ2n) is 7.43. The van der Waals surface area contributed by atoms with Crippen molar-refractivity contribution in [2.75, 3.05) is 0 Å². The Morgan fingerprint density at radius 2 is 1.17 bits per heavy atom. The highest BCUT2D eigenvalue weighted by Gasteiger charge is 2.46. The zero-order chi connectivity index (χ0) is 19.3. The van der Waals surface area contributed by atoms with Gasteiger partial charge < -0.3 is 9.72 Å². The van der Waals surface area contributed by atoms with Gasteiger partial charge in [-0.1, -0.05) is 91.0 Å². The van der Waals surface area contributed by atoms with Gasteiger partial charge in [0.05, 0.1) is 5.69 Å². The summed E-state index contributed by atoms with van der Waals surface area (Å²) < 4.78 is 6.96. The molecular weight excluding hydrogens is 354 g/mol. The third-order valence-corrected chi connectivity index (χ3v) is 5.84. The third kappa shape index (κ3) is 2.23. The highest BCUT2D eigenvalue weighted by Crippen LogP contribution is 2.53. The highest BCUT2D eigenvalue weighted by atomic mass is 16.5. The molecule has 2 heteroatoms. The molecule has 0 saturated carbocycles. The number of aromatic nitrogens is 1. The largest absolute Gasteiger partial charge is 0.472 e.